The first-order valence-electron chi connectivity index (χ1n) is 3.54. The van der Waals surface area contributed by atoms with Crippen LogP contribution in [0, 0.1) is 10.5 Å². The molecule has 0 aliphatic rings. The molecule has 3 heteroatoms. The Morgan fingerprint density at radius 1 is 1.58 bits per heavy atom. The first-order valence-corrected chi connectivity index (χ1v) is 5.25. The number of benzene rings is 1. The fourth-order valence-electron chi connectivity index (χ4n) is 0.972. The number of aldehydes is 1. The van der Waals surface area contributed by atoms with Gasteiger partial charge in [-0.05, 0) is 52.8 Å². The summed E-state index contributed by atoms with van der Waals surface area (Å²) in [7, 11) is 0. The Bertz CT molecular complexity index is 310. The Labute approximate surface area is 91.1 Å². The summed E-state index contributed by atoms with van der Waals surface area (Å²) in [5.41, 5.74) is 2.91. The molecule has 0 unspecified atom stereocenters. The maximum absolute atomic E-state index is 10.6. The third-order valence-electron chi connectivity index (χ3n) is 1.75. The molecule has 0 amide bonds. The van der Waals surface area contributed by atoms with Gasteiger partial charge >= 0.3 is 0 Å². The van der Waals surface area contributed by atoms with Gasteiger partial charge in [0.2, 0.25) is 0 Å². The Kier molecular flexibility index (Phi) is 3.58. The van der Waals surface area contributed by atoms with Gasteiger partial charge in [0.25, 0.3) is 0 Å². The molecule has 1 aromatic rings. The summed E-state index contributed by atoms with van der Waals surface area (Å²) >= 11 is 6.39. The van der Waals surface area contributed by atoms with Gasteiger partial charge in [0.1, 0.15) is 6.29 Å². The van der Waals surface area contributed by atoms with Crippen molar-refractivity contribution in [2.75, 3.05) is 0 Å². The molecule has 0 radical (unpaired) electrons. The molecule has 0 aliphatic heterocycles. The van der Waals surface area contributed by atoms with Crippen LogP contribution in [-0.4, -0.2) is 6.29 Å². The predicted molar refractivity (Wildman–Crippen MR) is 62.0 cm³/mol. The topological polar surface area (TPSA) is 17.1 Å². The fourth-order valence-corrected chi connectivity index (χ4v) is 1.87. The lowest BCUT2D eigenvalue weighted by Crippen LogP contribution is -1.92. The highest BCUT2D eigenvalue weighted by molar-refractivity contribution is 14.1. The van der Waals surface area contributed by atoms with Crippen molar-refractivity contribution in [3.05, 3.63) is 32.4 Å². The van der Waals surface area contributed by atoms with E-state index >= 15 is 0 Å². The molecule has 0 heterocycles. The van der Waals surface area contributed by atoms with Crippen LogP contribution in [0.5, 0.6) is 0 Å². The molecule has 0 saturated carbocycles. The van der Waals surface area contributed by atoms with Gasteiger partial charge < -0.3 is 0 Å². The Hall–Kier alpha value is -0.0300. The molecule has 0 bridgehead atoms. The summed E-state index contributed by atoms with van der Waals surface area (Å²) in [5, 5.41) is 0. The van der Waals surface area contributed by atoms with E-state index in [1.165, 1.54) is 0 Å². The molecule has 64 valence electrons. The zero-order valence-corrected chi connectivity index (χ0v) is 9.72. The van der Waals surface area contributed by atoms with Gasteiger partial charge in [0.15, 0.2) is 0 Å². The first-order chi connectivity index (χ1) is 5.69. The van der Waals surface area contributed by atoms with Crippen molar-refractivity contribution in [3.63, 3.8) is 0 Å². The molecule has 0 spiro atoms. The SMILES string of the molecule is Cc1c(I)cc(CS)cc1C=O. The minimum atomic E-state index is 0.678. The molecule has 0 aromatic heterocycles. The molecule has 1 rings (SSSR count). The minimum Gasteiger partial charge on any atom is -0.298 e. The zero-order chi connectivity index (χ0) is 9.14. The summed E-state index contributed by atoms with van der Waals surface area (Å²) in [5.74, 6) is 0.678. The third kappa shape index (κ3) is 2.01. The highest BCUT2D eigenvalue weighted by Gasteiger charge is 2.03. The lowest BCUT2D eigenvalue weighted by molar-refractivity contribution is 0.112. The second kappa shape index (κ2) is 4.28. The summed E-state index contributed by atoms with van der Waals surface area (Å²) < 4.78 is 1.13. The Morgan fingerprint density at radius 2 is 2.25 bits per heavy atom. The van der Waals surface area contributed by atoms with E-state index in [2.05, 4.69) is 41.3 Å². The lowest BCUT2D eigenvalue weighted by atomic mass is 10.1. The molecular weight excluding hydrogens is 283 g/mol. The molecule has 0 saturated heterocycles. The number of hydrogen-bond acceptors (Lipinski definition) is 2. The molecule has 0 atom stereocenters. The van der Waals surface area contributed by atoms with Crippen LogP contribution in [0.4, 0.5) is 0 Å². The second-order valence-electron chi connectivity index (χ2n) is 2.57. The van der Waals surface area contributed by atoms with E-state index in [1.54, 1.807) is 0 Å². The van der Waals surface area contributed by atoms with E-state index in [0.717, 1.165) is 26.5 Å². The van der Waals surface area contributed by atoms with Gasteiger partial charge in [-0.2, -0.15) is 12.6 Å². The van der Waals surface area contributed by atoms with E-state index in [0.29, 0.717) is 5.75 Å². The van der Waals surface area contributed by atoms with E-state index in [4.69, 9.17) is 0 Å². The third-order valence-corrected chi connectivity index (χ3v) is 3.24. The monoisotopic (exact) mass is 292 g/mol. The number of rotatable bonds is 2. The fraction of sp³-hybridized carbons (Fsp3) is 0.222. The van der Waals surface area contributed by atoms with Crippen molar-refractivity contribution in [1.82, 2.24) is 0 Å². The van der Waals surface area contributed by atoms with Gasteiger partial charge in [-0.3, -0.25) is 4.79 Å². The van der Waals surface area contributed by atoms with Crippen LogP contribution in [0.3, 0.4) is 0 Å². The maximum atomic E-state index is 10.6. The molecule has 0 fully saturated rings. The van der Waals surface area contributed by atoms with E-state index in [9.17, 15) is 4.79 Å². The Balaban J connectivity index is 3.28. The largest absolute Gasteiger partial charge is 0.298 e. The number of hydrogen-bond donors (Lipinski definition) is 1. The normalized spacial score (nSPS) is 9.92. The number of carbonyl (C=O) groups excluding carboxylic acids is 1. The average molecular weight is 292 g/mol. The molecule has 1 aromatic carbocycles. The van der Waals surface area contributed by atoms with Crippen molar-refractivity contribution in [2.24, 2.45) is 0 Å². The predicted octanol–water partition coefficient (Wildman–Crippen LogP) is 2.84. The van der Waals surface area contributed by atoms with Gasteiger partial charge in [-0.1, -0.05) is 0 Å². The summed E-state index contributed by atoms with van der Waals surface area (Å²) in [4.78, 5) is 10.6. The highest BCUT2D eigenvalue weighted by atomic mass is 127. The molecule has 12 heavy (non-hydrogen) atoms. The molecule has 0 N–H and O–H groups in total. The number of halogens is 1. The van der Waals surface area contributed by atoms with Crippen molar-refractivity contribution in [1.29, 1.82) is 0 Å². The summed E-state index contributed by atoms with van der Waals surface area (Å²) in [6.07, 6.45) is 0.893. The van der Waals surface area contributed by atoms with Gasteiger partial charge in [-0.25, -0.2) is 0 Å². The smallest absolute Gasteiger partial charge is 0.150 e. The van der Waals surface area contributed by atoms with Crippen LogP contribution in [0.1, 0.15) is 21.5 Å². The quantitative estimate of drug-likeness (QED) is 0.504. The number of thiol groups is 1. The minimum absolute atomic E-state index is 0.678. The lowest BCUT2D eigenvalue weighted by Gasteiger charge is -2.04. The molecular formula is C9H9IOS. The van der Waals surface area contributed by atoms with E-state index in [1.807, 2.05) is 13.0 Å². The van der Waals surface area contributed by atoms with Gasteiger partial charge in [0.05, 0.1) is 0 Å². The van der Waals surface area contributed by atoms with Crippen molar-refractivity contribution < 1.29 is 4.79 Å². The van der Waals surface area contributed by atoms with Gasteiger partial charge in [-0.15, -0.1) is 0 Å². The standard InChI is InChI=1S/C9H9IOS/c1-6-8(4-11)2-7(5-12)3-9(6)10/h2-4,12H,5H2,1H3. The van der Waals surface area contributed by atoms with Crippen molar-refractivity contribution in [2.45, 2.75) is 12.7 Å². The maximum Gasteiger partial charge on any atom is 0.150 e. The number of carbonyl (C=O) groups is 1. The second-order valence-corrected chi connectivity index (χ2v) is 4.05. The van der Waals surface area contributed by atoms with Crippen LogP contribution in [0.15, 0.2) is 12.1 Å². The van der Waals surface area contributed by atoms with Crippen LogP contribution in [0.25, 0.3) is 0 Å². The molecule has 0 aliphatic carbocycles. The summed E-state index contributed by atoms with van der Waals surface area (Å²) in [6, 6.07) is 3.94. The average Bonchev–Trinajstić information content (AvgIpc) is 2.09. The van der Waals surface area contributed by atoms with Crippen LogP contribution < -0.4 is 0 Å². The Morgan fingerprint density at radius 3 is 2.75 bits per heavy atom. The van der Waals surface area contributed by atoms with Crippen LogP contribution >= 0.6 is 35.2 Å². The van der Waals surface area contributed by atoms with E-state index in [-0.39, 0.29) is 0 Å². The zero-order valence-electron chi connectivity index (χ0n) is 6.67. The van der Waals surface area contributed by atoms with Crippen molar-refractivity contribution >= 4 is 41.5 Å². The highest BCUT2D eigenvalue weighted by Crippen LogP contribution is 2.18. The first kappa shape index (κ1) is 10.1. The summed E-state index contributed by atoms with van der Waals surface area (Å²) in [6.45, 7) is 1.95. The van der Waals surface area contributed by atoms with E-state index < -0.39 is 0 Å². The van der Waals surface area contributed by atoms with Gasteiger partial charge in [0, 0.05) is 14.9 Å². The van der Waals surface area contributed by atoms with Crippen LogP contribution in [0.2, 0.25) is 0 Å². The van der Waals surface area contributed by atoms with Crippen LogP contribution in [-0.2, 0) is 5.75 Å². The van der Waals surface area contributed by atoms with Crippen molar-refractivity contribution in [3.8, 4) is 0 Å². The molecule has 1 nitrogen and oxygen atoms in total.